The number of carbonyl (C=O) groups is 1. The lowest BCUT2D eigenvalue weighted by molar-refractivity contribution is -0.134. The molecule has 30 heavy (non-hydrogen) atoms. The zero-order valence-electron chi connectivity index (χ0n) is 18.5. The van der Waals surface area contributed by atoms with E-state index in [0.717, 1.165) is 40.7 Å². The van der Waals surface area contributed by atoms with Gasteiger partial charge in [0.1, 0.15) is 0 Å². The number of hydrogen-bond donors (Lipinski definition) is 0. The highest BCUT2D eigenvalue weighted by Crippen LogP contribution is 2.30. The maximum absolute atomic E-state index is 13.0. The van der Waals surface area contributed by atoms with Crippen molar-refractivity contribution in [3.8, 4) is 5.88 Å². The SMILES string of the molecule is Cc1cc(C)c2c(OCC(=O)N(Cc3ccc(C(C)C)cc3)C3CC3)nn(C)c2n1. The van der Waals surface area contributed by atoms with Crippen LogP contribution in [0.15, 0.2) is 30.3 Å². The molecule has 2 aromatic heterocycles. The van der Waals surface area contributed by atoms with E-state index >= 15 is 0 Å². The zero-order chi connectivity index (χ0) is 21.4. The highest BCUT2D eigenvalue weighted by Gasteiger charge is 2.33. The summed E-state index contributed by atoms with van der Waals surface area (Å²) in [4.78, 5) is 19.5. The van der Waals surface area contributed by atoms with Crippen molar-refractivity contribution in [1.29, 1.82) is 0 Å². The van der Waals surface area contributed by atoms with Crippen LogP contribution in [0.5, 0.6) is 5.88 Å². The van der Waals surface area contributed by atoms with Gasteiger partial charge in [-0.05, 0) is 55.4 Å². The third-order valence-electron chi connectivity index (χ3n) is 5.73. The summed E-state index contributed by atoms with van der Waals surface area (Å²) in [6.07, 6.45) is 2.12. The van der Waals surface area contributed by atoms with Gasteiger partial charge in [-0.1, -0.05) is 38.1 Å². The van der Waals surface area contributed by atoms with E-state index in [9.17, 15) is 4.79 Å². The second-order valence-electron chi connectivity index (χ2n) is 8.65. The molecular formula is C24H30N4O2. The van der Waals surface area contributed by atoms with Crippen LogP contribution in [-0.2, 0) is 18.4 Å². The van der Waals surface area contributed by atoms with Crippen LogP contribution in [0.2, 0.25) is 0 Å². The van der Waals surface area contributed by atoms with Gasteiger partial charge in [-0.25, -0.2) is 9.67 Å². The quantitative estimate of drug-likeness (QED) is 0.588. The van der Waals surface area contributed by atoms with Gasteiger partial charge in [-0.15, -0.1) is 5.10 Å². The molecule has 6 heteroatoms. The summed E-state index contributed by atoms with van der Waals surface area (Å²) >= 11 is 0. The topological polar surface area (TPSA) is 60.2 Å². The fraction of sp³-hybridized carbons (Fsp3) is 0.458. The molecule has 0 unspecified atom stereocenters. The number of aryl methyl sites for hydroxylation is 3. The van der Waals surface area contributed by atoms with E-state index in [0.29, 0.717) is 24.4 Å². The van der Waals surface area contributed by atoms with Gasteiger partial charge in [0, 0.05) is 25.3 Å². The summed E-state index contributed by atoms with van der Waals surface area (Å²) < 4.78 is 7.62. The lowest BCUT2D eigenvalue weighted by Gasteiger charge is -2.22. The van der Waals surface area contributed by atoms with E-state index in [4.69, 9.17) is 4.74 Å². The molecule has 158 valence electrons. The Bertz CT molecular complexity index is 1060. The van der Waals surface area contributed by atoms with Crippen molar-refractivity contribution in [3.63, 3.8) is 0 Å². The monoisotopic (exact) mass is 406 g/mol. The van der Waals surface area contributed by atoms with Crippen LogP contribution < -0.4 is 4.74 Å². The third kappa shape index (κ3) is 4.18. The first kappa shape index (κ1) is 20.4. The maximum atomic E-state index is 13.0. The lowest BCUT2D eigenvalue weighted by atomic mass is 10.0. The van der Waals surface area contributed by atoms with E-state index in [1.807, 2.05) is 31.9 Å². The van der Waals surface area contributed by atoms with E-state index < -0.39 is 0 Å². The van der Waals surface area contributed by atoms with Gasteiger partial charge in [-0.2, -0.15) is 0 Å². The molecule has 1 aliphatic rings. The Morgan fingerprint density at radius 2 is 1.93 bits per heavy atom. The number of hydrogen-bond acceptors (Lipinski definition) is 4. The van der Waals surface area contributed by atoms with Gasteiger partial charge < -0.3 is 9.64 Å². The average molecular weight is 407 g/mol. The molecule has 0 N–H and O–H groups in total. The number of pyridine rings is 1. The van der Waals surface area contributed by atoms with E-state index in [1.165, 1.54) is 5.56 Å². The number of fused-ring (bicyclic) bond motifs is 1. The smallest absolute Gasteiger partial charge is 0.261 e. The largest absolute Gasteiger partial charge is 0.466 e. The van der Waals surface area contributed by atoms with Crippen molar-refractivity contribution < 1.29 is 9.53 Å². The minimum atomic E-state index is -0.0139. The molecule has 6 nitrogen and oxygen atoms in total. The Morgan fingerprint density at radius 3 is 2.57 bits per heavy atom. The van der Waals surface area contributed by atoms with Crippen molar-refractivity contribution in [2.45, 2.75) is 59.0 Å². The van der Waals surface area contributed by atoms with E-state index in [2.05, 4.69) is 48.2 Å². The summed E-state index contributed by atoms with van der Waals surface area (Å²) in [6, 6.07) is 10.9. The van der Waals surface area contributed by atoms with Crippen LogP contribution in [0.3, 0.4) is 0 Å². The van der Waals surface area contributed by atoms with Crippen LogP contribution in [0.1, 0.15) is 55.0 Å². The molecular weight excluding hydrogens is 376 g/mol. The van der Waals surface area contributed by atoms with Gasteiger partial charge in [-0.3, -0.25) is 4.79 Å². The Hall–Kier alpha value is -2.89. The molecule has 0 atom stereocenters. The highest BCUT2D eigenvalue weighted by molar-refractivity contribution is 5.86. The van der Waals surface area contributed by atoms with Crippen molar-refractivity contribution in [3.05, 3.63) is 52.7 Å². The Labute approximate surface area is 177 Å². The Kier molecular flexibility index (Phi) is 5.50. The van der Waals surface area contributed by atoms with Crippen molar-refractivity contribution >= 4 is 16.9 Å². The fourth-order valence-electron chi connectivity index (χ4n) is 3.87. The molecule has 1 amide bonds. The lowest BCUT2D eigenvalue weighted by Crippen LogP contribution is -2.36. The minimum absolute atomic E-state index is 0.00182. The summed E-state index contributed by atoms with van der Waals surface area (Å²) in [6.45, 7) is 8.96. The van der Waals surface area contributed by atoms with Crippen molar-refractivity contribution in [2.75, 3.05) is 6.61 Å². The van der Waals surface area contributed by atoms with Gasteiger partial charge in [0.15, 0.2) is 12.3 Å². The van der Waals surface area contributed by atoms with Crippen LogP contribution >= 0.6 is 0 Å². The average Bonchev–Trinajstić information content (AvgIpc) is 3.49. The summed E-state index contributed by atoms with van der Waals surface area (Å²) in [5, 5.41) is 5.33. The molecule has 0 saturated heterocycles. The molecule has 1 aromatic carbocycles. The van der Waals surface area contributed by atoms with Crippen molar-refractivity contribution in [1.82, 2.24) is 19.7 Å². The predicted molar refractivity (Wildman–Crippen MR) is 118 cm³/mol. The molecule has 4 rings (SSSR count). The molecule has 2 heterocycles. The first-order valence-electron chi connectivity index (χ1n) is 10.7. The number of rotatable bonds is 7. The Morgan fingerprint density at radius 1 is 1.23 bits per heavy atom. The summed E-state index contributed by atoms with van der Waals surface area (Å²) in [5.74, 6) is 0.980. The van der Waals surface area contributed by atoms with Crippen LogP contribution in [0.25, 0.3) is 11.0 Å². The highest BCUT2D eigenvalue weighted by atomic mass is 16.5. The first-order chi connectivity index (χ1) is 14.3. The molecule has 1 aliphatic carbocycles. The first-order valence-corrected chi connectivity index (χ1v) is 10.7. The Balaban J connectivity index is 1.47. The minimum Gasteiger partial charge on any atom is -0.466 e. The number of ether oxygens (including phenoxy) is 1. The van der Waals surface area contributed by atoms with Gasteiger partial charge in [0.05, 0.1) is 5.39 Å². The molecule has 1 saturated carbocycles. The molecule has 1 fully saturated rings. The molecule has 0 aliphatic heterocycles. The summed E-state index contributed by atoms with van der Waals surface area (Å²) in [5.41, 5.74) is 5.23. The number of aromatic nitrogens is 3. The number of amides is 1. The van der Waals surface area contributed by atoms with Gasteiger partial charge in [0.25, 0.3) is 5.91 Å². The van der Waals surface area contributed by atoms with E-state index in [1.54, 1.807) is 4.68 Å². The van der Waals surface area contributed by atoms with Crippen LogP contribution in [0, 0.1) is 13.8 Å². The zero-order valence-corrected chi connectivity index (χ0v) is 18.5. The number of benzene rings is 1. The second-order valence-corrected chi connectivity index (χ2v) is 8.65. The molecule has 3 aromatic rings. The molecule has 0 bridgehead atoms. The predicted octanol–water partition coefficient (Wildman–Crippen LogP) is 4.28. The molecule has 0 spiro atoms. The van der Waals surface area contributed by atoms with Crippen molar-refractivity contribution in [2.24, 2.45) is 7.05 Å². The second kappa shape index (κ2) is 8.09. The van der Waals surface area contributed by atoms with Crippen LogP contribution in [-0.4, -0.2) is 38.2 Å². The maximum Gasteiger partial charge on any atom is 0.261 e. The van der Waals surface area contributed by atoms with Crippen LogP contribution in [0.4, 0.5) is 0 Å². The fourth-order valence-corrected chi connectivity index (χ4v) is 3.87. The molecule has 0 radical (unpaired) electrons. The summed E-state index contributed by atoms with van der Waals surface area (Å²) in [7, 11) is 1.85. The van der Waals surface area contributed by atoms with Gasteiger partial charge >= 0.3 is 0 Å². The number of nitrogens with zero attached hydrogens (tertiary/aromatic N) is 4. The standard InChI is InChI=1S/C24H30N4O2/c1-15(2)19-8-6-18(7-9-19)13-28(20-10-11-20)21(29)14-30-24-22-16(3)12-17(4)25-23(22)27(5)26-24/h6-9,12,15,20H,10-11,13-14H2,1-5H3. The van der Waals surface area contributed by atoms with E-state index in [-0.39, 0.29) is 12.5 Å². The van der Waals surface area contributed by atoms with Gasteiger partial charge in [0.2, 0.25) is 5.88 Å². The number of carbonyl (C=O) groups excluding carboxylic acids is 1. The normalized spacial score (nSPS) is 13.8. The third-order valence-corrected chi connectivity index (χ3v) is 5.73.